The summed E-state index contributed by atoms with van der Waals surface area (Å²) in [5.74, 6) is 2.82. The topological polar surface area (TPSA) is 59.8 Å². The maximum atomic E-state index is 12.4. The molecule has 0 radical (unpaired) electrons. The molecule has 1 aliphatic carbocycles. The fourth-order valence-electron chi connectivity index (χ4n) is 3.45. The quantitative estimate of drug-likeness (QED) is 0.693. The zero-order valence-corrected chi connectivity index (χ0v) is 17.1. The highest BCUT2D eigenvalue weighted by Crippen LogP contribution is 2.37. The van der Waals surface area contributed by atoms with Crippen LogP contribution < -0.4 is 5.32 Å². The number of aromatic nitrogens is 3. The van der Waals surface area contributed by atoms with Crippen molar-refractivity contribution in [3.63, 3.8) is 0 Å². The summed E-state index contributed by atoms with van der Waals surface area (Å²) >= 11 is 0. The second-order valence-electron chi connectivity index (χ2n) is 8.22. The highest BCUT2D eigenvalue weighted by Gasteiger charge is 2.29. The van der Waals surface area contributed by atoms with Gasteiger partial charge in [0.05, 0.1) is 0 Å². The molecule has 0 unspecified atom stereocenters. The summed E-state index contributed by atoms with van der Waals surface area (Å²) in [6.45, 7) is 8.61. The first-order valence-electron chi connectivity index (χ1n) is 10.2. The Morgan fingerprint density at radius 2 is 1.89 bits per heavy atom. The number of anilines is 1. The van der Waals surface area contributed by atoms with Crippen molar-refractivity contribution in [1.29, 1.82) is 0 Å². The summed E-state index contributed by atoms with van der Waals surface area (Å²) in [5, 5.41) is 11.9. The molecule has 0 spiro atoms. The number of nitrogens with one attached hydrogen (secondary N) is 1. The second kappa shape index (κ2) is 8.68. The third-order valence-corrected chi connectivity index (χ3v) is 5.39. The van der Waals surface area contributed by atoms with Crippen LogP contribution in [0.2, 0.25) is 0 Å². The van der Waals surface area contributed by atoms with Gasteiger partial charge in [0.15, 0.2) is 0 Å². The van der Waals surface area contributed by atoms with E-state index in [9.17, 15) is 4.79 Å². The number of hydrogen-bond donors (Lipinski definition) is 1. The molecule has 3 rings (SSSR count). The Bertz CT molecular complexity index is 790. The van der Waals surface area contributed by atoms with Gasteiger partial charge in [-0.15, -0.1) is 10.2 Å². The Balaban J connectivity index is 1.59. The number of benzene rings is 1. The van der Waals surface area contributed by atoms with Crippen LogP contribution in [-0.2, 0) is 17.6 Å². The molecule has 27 heavy (non-hydrogen) atoms. The van der Waals surface area contributed by atoms with Crippen LogP contribution >= 0.6 is 0 Å². The molecule has 2 aromatic rings. The minimum atomic E-state index is 0.0374. The number of carbonyl (C=O) groups is 1. The number of nitrogens with zero attached hydrogens (tertiary/aromatic N) is 3. The van der Waals surface area contributed by atoms with Gasteiger partial charge in [-0.2, -0.15) is 0 Å². The first-order valence-corrected chi connectivity index (χ1v) is 10.2. The first-order chi connectivity index (χ1) is 13.0. The lowest BCUT2D eigenvalue weighted by Crippen LogP contribution is -2.15. The van der Waals surface area contributed by atoms with Crippen molar-refractivity contribution in [3.8, 4) is 0 Å². The Labute approximate surface area is 162 Å². The maximum Gasteiger partial charge on any atom is 0.224 e. The van der Waals surface area contributed by atoms with Crippen molar-refractivity contribution in [2.24, 2.45) is 5.92 Å². The van der Waals surface area contributed by atoms with E-state index >= 15 is 0 Å². The van der Waals surface area contributed by atoms with Crippen molar-refractivity contribution in [2.45, 2.75) is 78.7 Å². The largest absolute Gasteiger partial charge is 0.326 e. The smallest absolute Gasteiger partial charge is 0.224 e. The summed E-state index contributed by atoms with van der Waals surface area (Å²) in [4.78, 5) is 12.4. The van der Waals surface area contributed by atoms with Gasteiger partial charge in [0.25, 0.3) is 0 Å². The number of aryl methyl sites for hydroxylation is 3. The van der Waals surface area contributed by atoms with E-state index in [1.807, 2.05) is 19.1 Å². The number of hydrogen-bond acceptors (Lipinski definition) is 3. The van der Waals surface area contributed by atoms with Gasteiger partial charge < -0.3 is 9.88 Å². The lowest BCUT2D eigenvalue weighted by Gasteiger charge is -2.11. The predicted molar refractivity (Wildman–Crippen MR) is 109 cm³/mol. The predicted octanol–water partition coefficient (Wildman–Crippen LogP) is 4.78. The van der Waals surface area contributed by atoms with Crippen LogP contribution in [0.5, 0.6) is 0 Å². The molecular weight excluding hydrogens is 336 g/mol. The third kappa shape index (κ3) is 5.18. The van der Waals surface area contributed by atoms with E-state index < -0.39 is 0 Å². The monoisotopic (exact) mass is 368 g/mol. The SMILES string of the molecule is Cc1cccc(NC(=O)CCc2nnc(CCCC(C)C)n2C2CC2)c1C. The molecule has 0 aliphatic heterocycles. The van der Waals surface area contributed by atoms with Crippen molar-refractivity contribution in [1.82, 2.24) is 14.8 Å². The Hall–Kier alpha value is -2.17. The first kappa shape index (κ1) is 19.6. The Morgan fingerprint density at radius 3 is 2.56 bits per heavy atom. The zero-order chi connectivity index (χ0) is 19.4. The molecule has 146 valence electrons. The summed E-state index contributed by atoms with van der Waals surface area (Å²) < 4.78 is 2.31. The highest BCUT2D eigenvalue weighted by molar-refractivity contribution is 5.91. The average molecular weight is 369 g/mol. The van der Waals surface area contributed by atoms with Gasteiger partial charge >= 0.3 is 0 Å². The van der Waals surface area contributed by atoms with Gasteiger partial charge in [-0.05, 0) is 56.2 Å². The van der Waals surface area contributed by atoms with E-state index in [1.54, 1.807) is 0 Å². The fourth-order valence-corrected chi connectivity index (χ4v) is 3.45. The van der Waals surface area contributed by atoms with E-state index in [0.29, 0.717) is 18.9 Å². The van der Waals surface area contributed by atoms with Gasteiger partial charge in [-0.25, -0.2) is 0 Å². The van der Waals surface area contributed by atoms with Gasteiger partial charge in [0.1, 0.15) is 11.6 Å². The molecule has 1 saturated carbocycles. The maximum absolute atomic E-state index is 12.4. The Morgan fingerprint density at radius 1 is 1.19 bits per heavy atom. The molecule has 1 aromatic carbocycles. The van der Waals surface area contributed by atoms with Crippen LogP contribution in [0.4, 0.5) is 5.69 Å². The molecule has 1 fully saturated rings. The van der Waals surface area contributed by atoms with Crippen molar-refractivity contribution < 1.29 is 4.79 Å². The van der Waals surface area contributed by atoms with Gasteiger partial charge in [-0.3, -0.25) is 4.79 Å². The van der Waals surface area contributed by atoms with E-state index in [-0.39, 0.29) is 5.91 Å². The second-order valence-corrected chi connectivity index (χ2v) is 8.22. The number of rotatable bonds is 9. The van der Waals surface area contributed by atoms with Crippen LogP contribution in [0, 0.1) is 19.8 Å². The summed E-state index contributed by atoms with van der Waals surface area (Å²) in [5.41, 5.74) is 3.21. The van der Waals surface area contributed by atoms with E-state index in [4.69, 9.17) is 0 Å². The lowest BCUT2D eigenvalue weighted by atomic mass is 10.1. The van der Waals surface area contributed by atoms with Gasteiger partial charge in [0, 0.05) is 31.0 Å². The number of amides is 1. The lowest BCUT2D eigenvalue weighted by molar-refractivity contribution is -0.116. The van der Waals surface area contributed by atoms with Crippen LogP contribution in [0.1, 0.15) is 74.8 Å². The molecule has 0 bridgehead atoms. The normalized spacial score (nSPS) is 14.0. The minimum Gasteiger partial charge on any atom is -0.326 e. The molecular formula is C22H32N4O. The van der Waals surface area contributed by atoms with Gasteiger partial charge in [-0.1, -0.05) is 32.4 Å². The summed E-state index contributed by atoms with van der Waals surface area (Å²) in [6.07, 6.45) is 6.83. The van der Waals surface area contributed by atoms with Crippen LogP contribution in [0.3, 0.4) is 0 Å². The molecule has 5 heteroatoms. The molecule has 1 aromatic heterocycles. The minimum absolute atomic E-state index is 0.0374. The summed E-state index contributed by atoms with van der Waals surface area (Å²) in [6, 6.07) is 6.54. The van der Waals surface area contributed by atoms with E-state index in [0.717, 1.165) is 41.7 Å². The average Bonchev–Trinajstić information content (AvgIpc) is 3.38. The molecule has 1 aliphatic rings. The van der Waals surface area contributed by atoms with Crippen molar-refractivity contribution in [2.75, 3.05) is 5.32 Å². The standard InChI is InChI=1S/C22H32N4O/c1-15(2)7-5-10-20-24-25-21(26(20)18-11-12-18)13-14-22(27)23-19-9-6-8-16(3)17(19)4/h6,8-9,15,18H,5,7,10-14H2,1-4H3,(H,23,27). The molecule has 1 N–H and O–H groups in total. The van der Waals surface area contributed by atoms with Crippen molar-refractivity contribution >= 4 is 11.6 Å². The van der Waals surface area contributed by atoms with Crippen LogP contribution in [0.15, 0.2) is 18.2 Å². The van der Waals surface area contributed by atoms with Crippen LogP contribution in [0.25, 0.3) is 0 Å². The Kier molecular flexibility index (Phi) is 6.30. The van der Waals surface area contributed by atoms with Crippen molar-refractivity contribution in [3.05, 3.63) is 41.0 Å². The van der Waals surface area contributed by atoms with E-state index in [1.165, 1.54) is 24.8 Å². The zero-order valence-electron chi connectivity index (χ0n) is 17.1. The molecule has 1 heterocycles. The van der Waals surface area contributed by atoms with Crippen LogP contribution in [-0.4, -0.2) is 20.7 Å². The highest BCUT2D eigenvalue weighted by atomic mass is 16.1. The third-order valence-electron chi connectivity index (χ3n) is 5.39. The van der Waals surface area contributed by atoms with E-state index in [2.05, 4.69) is 46.9 Å². The molecule has 0 atom stereocenters. The summed E-state index contributed by atoms with van der Waals surface area (Å²) in [7, 11) is 0. The molecule has 0 saturated heterocycles. The molecule has 1 amide bonds. The number of carbonyl (C=O) groups excluding carboxylic acids is 1. The fraction of sp³-hybridized carbons (Fsp3) is 0.591. The van der Waals surface area contributed by atoms with Gasteiger partial charge in [0.2, 0.25) is 5.91 Å². The molecule has 5 nitrogen and oxygen atoms in total.